The average molecular weight is 325 g/mol. The molecule has 0 radical (unpaired) electrons. The zero-order chi connectivity index (χ0) is 17.3. The van der Waals surface area contributed by atoms with Gasteiger partial charge in [0.15, 0.2) is 0 Å². The Morgan fingerprint density at radius 3 is 2.75 bits per heavy atom. The fraction of sp³-hybridized carbons (Fsp3) is 0.333. The van der Waals surface area contributed by atoms with E-state index in [-0.39, 0.29) is 5.91 Å². The van der Waals surface area contributed by atoms with Crippen molar-refractivity contribution in [3.63, 3.8) is 0 Å². The van der Waals surface area contributed by atoms with Crippen molar-refractivity contribution in [2.45, 2.75) is 20.0 Å². The molecule has 0 fully saturated rings. The molecule has 0 spiro atoms. The van der Waals surface area contributed by atoms with Crippen molar-refractivity contribution in [3.05, 3.63) is 47.9 Å². The third-order valence-electron chi connectivity index (χ3n) is 4.23. The molecular formula is C18H23N5O. The zero-order valence-corrected chi connectivity index (χ0v) is 14.6. The Balaban J connectivity index is 1.68. The lowest BCUT2D eigenvalue weighted by Crippen LogP contribution is -2.27. The summed E-state index contributed by atoms with van der Waals surface area (Å²) in [7, 11) is 5.85. The molecule has 24 heavy (non-hydrogen) atoms. The lowest BCUT2D eigenvalue weighted by molar-refractivity contribution is -0.121. The first-order chi connectivity index (χ1) is 11.5. The molecule has 126 valence electrons. The van der Waals surface area contributed by atoms with Crippen LogP contribution < -0.4 is 10.2 Å². The lowest BCUT2D eigenvalue weighted by atomic mass is 10.2. The topological polar surface area (TPSA) is 55.1 Å². The number of carbonyl (C=O) groups is 1. The number of hydrogen-bond donors (Lipinski definition) is 1. The first-order valence-electron chi connectivity index (χ1n) is 7.96. The van der Waals surface area contributed by atoms with Gasteiger partial charge in [0.2, 0.25) is 11.9 Å². The van der Waals surface area contributed by atoms with Gasteiger partial charge in [-0.1, -0.05) is 18.2 Å². The molecular weight excluding hydrogens is 302 g/mol. The highest BCUT2D eigenvalue weighted by atomic mass is 16.1. The summed E-state index contributed by atoms with van der Waals surface area (Å²) in [5, 5.41) is 4.16. The standard InChI is InChI=1S/C18H23N5O/c1-13-11-23(16-8-6-5-7-15(13)16)12-17(24)19-9-14-10-20-18(21(2)3)22(14)4/h5-8,10-11H,9,12H2,1-4H3,(H,19,24). The third-order valence-corrected chi connectivity index (χ3v) is 4.23. The van der Waals surface area contributed by atoms with Crippen LogP contribution in [-0.4, -0.2) is 34.1 Å². The van der Waals surface area contributed by atoms with E-state index < -0.39 is 0 Å². The predicted molar refractivity (Wildman–Crippen MR) is 96.1 cm³/mol. The van der Waals surface area contributed by atoms with Gasteiger partial charge in [0.1, 0.15) is 6.54 Å². The lowest BCUT2D eigenvalue weighted by Gasteiger charge is -2.13. The molecule has 0 saturated carbocycles. The zero-order valence-electron chi connectivity index (χ0n) is 14.6. The molecule has 0 aliphatic rings. The van der Waals surface area contributed by atoms with Gasteiger partial charge in [-0.15, -0.1) is 0 Å². The minimum atomic E-state index is -0.0108. The monoisotopic (exact) mass is 325 g/mol. The summed E-state index contributed by atoms with van der Waals surface area (Å²) in [4.78, 5) is 18.6. The predicted octanol–water partition coefficient (Wildman–Crippen LogP) is 2.07. The van der Waals surface area contributed by atoms with Crippen LogP contribution in [0.1, 0.15) is 11.3 Å². The fourth-order valence-corrected chi connectivity index (χ4v) is 2.97. The molecule has 0 aliphatic carbocycles. The SMILES string of the molecule is Cc1cn(CC(=O)NCc2cnc(N(C)C)n2C)c2ccccc12. The quantitative estimate of drug-likeness (QED) is 0.781. The smallest absolute Gasteiger partial charge is 0.240 e. The van der Waals surface area contributed by atoms with Crippen LogP contribution in [0.15, 0.2) is 36.7 Å². The summed E-state index contributed by atoms with van der Waals surface area (Å²) in [5.74, 6) is 0.856. The van der Waals surface area contributed by atoms with Crippen molar-refractivity contribution in [2.24, 2.45) is 7.05 Å². The van der Waals surface area contributed by atoms with Crippen molar-refractivity contribution in [1.29, 1.82) is 0 Å². The minimum absolute atomic E-state index is 0.0108. The van der Waals surface area contributed by atoms with E-state index >= 15 is 0 Å². The molecule has 0 bridgehead atoms. The van der Waals surface area contributed by atoms with Crippen molar-refractivity contribution >= 4 is 22.8 Å². The Kier molecular flexibility index (Phi) is 4.29. The number of hydrogen-bond acceptors (Lipinski definition) is 3. The molecule has 1 amide bonds. The number of anilines is 1. The average Bonchev–Trinajstić information content (AvgIpc) is 3.07. The highest BCUT2D eigenvalue weighted by Gasteiger charge is 2.11. The number of aromatic nitrogens is 3. The largest absolute Gasteiger partial charge is 0.349 e. The summed E-state index contributed by atoms with van der Waals surface area (Å²) in [6.45, 7) is 2.84. The number of imidazole rings is 1. The van der Waals surface area contributed by atoms with E-state index in [2.05, 4.69) is 23.3 Å². The fourth-order valence-electron chi connectivity index (χ4n) is 2.97. The number of carbonyl (C=O) groups excluding carboxylic acids is 1. The Bertz CT molecular complexity index is 875. The number of amides is 1. The van der Waals surface area contributed by atoms with Gasteiger partial charge in [-0.05, 0) is 18.6 Å². The molecule has 2 heterocycles. The Morgan fingerprint density at radius 2 is 2.04 bits per heavy atom. The van der Waals surface area contributed by atoms with Gasteiger partial charge in [-0.3, -0.25) is 4.79 Å². The Hall–Kier alpha value is -2.76. The number of fused-ring (bicyclic) bond motifs is 1. The summed E-state index contributed by atoms with van der Waals surface area (Å²) >= 11 is 0. The molecule has 2 aromatic heterocycles. The number of rotatable bonds is 5. The number of aryl methyl sites for hydroxylation is 1. The highest BCUT2D eigenvalue weighted by Crippen LogP contribution is 2.20. The van der Waals surface area contributed by atoms with Crippen LogP contribution in [0.4, 0.5) is 5.95 Å². The van der Waals surface area contributed by atoms with Crippen LogP contribution in [-0.2, 0) is 24.9 Å². The van der Waals surface area contributed by atoms with Crippen molar-refractivity contribution in [1.82, 2.24) is 19.4 Å². The number of para-hydroxylation sites is 1. The first kappa shape index (κ1) is 16.1. The van der Waals surface area contributed by atoms with E-state index in [1.807, 2.05) is 59.6 Å². The first-order valence-corrected chi connectivity index (χ1v) is 7.96. The van der Waals surface area contributed by atoms with Crippen LogP contribution in [0.25, 0.3) is 10.9 Å². The molecule has 0 atom stereocenters. The maximum atomic E-state index is 12.3. The van der Waals surface area contributed by atoms with E-state index in [4.69, 9.17) is 0 Å². The van der Waals surface area contributed by atoms with Crippen molar-refractivity contribution in [3.8, 4) is 0 Å². The molecule has 6 nitrogen and oxygen atoms in total. The maximum Gasteiger partial charge on any atom is 0.240 e. The van der Waals surface area contributed by atoms with Crippen molar-refractivity contribution in [2.75, 3.05) is 19.0 Å². The molecule has 3 rings (SSSR count). The van der Waals surface area contributed by atoms with Gasteiger partial charge in [0, 0.05) is 38.2 Å². The molecule has 0 saturated heterocycles. The Morgan fingerprint density at radius 1 is 1.29 bits per heavy atom. The van der Waals surface area contributed by atoms with E-state index in [1.54, 1.807) is 6.20 Å². The second kappa shape index (κ2) is 6.39. The minimum Gasteiger partial charge on any atom is -0.349 e. The second-order valence-corrected chi connectivity index (χ2v) is 6.24. The number of nitrogens with one attached hydrogen (secondary N) is 1. The summed E-state index contributed by atoms with van der Waals surface area (Å²) < 4.78 is 3.98. The van der Waals surface area contributed by atoms with Gasteiger partial charge in [-0.2, -0.15) is 0 Å². The summed E-state index contributed by atoms with van der Waals surface area (Å²) in [6, 6.07) is 8.14. The van der Waals surface area contributed by atoms with Gasteiger partial charge >= 0.3 is 0 Å². The van der Waals surface area contributed by atoms with E-state index in [0.717, 1.165) is 17.2 Å². The van der Waals surface area contributed by atoms with Crippen LogP contribution >= 0.6 is 0 Å². The van der Waals surface area contributed by atoms with Gasteiger partial charge < -0.3 is 19.4 Å². The normalized spacial score (nSPS) is 11.0. The second-order valence-electron chi connectivity index (χ2n) is 6.24. The number of benzene rings is 1. The van der Waals surface area contributed by atoms with Crippen molar-refractivity contribution < 1.29 is 4.79 Å². The van der Waals surface area contributed by atoms with Gasteiger partial charge in [0.05, 0.1) is 18.4 Å². The van der Waals surface area contributed by atoms with Gasteiger partial charge in [0.25, 0.3) is 0 Å². The third kappa shape index (κ3) is 2.99. The molecule has 6 heteroatoms. The van der Waals surface area contributed by atoms with E-state index in [9.17, 15) is 4.79 Å². The summed E-state index contributed by atoms with van der Waals surface area (Å²) in [5.41, 5.74) is 3.24. The number of nitrogens with zero attached hydrogens (tertiary/aromatic N) is 4. The summed E-state index contributed by atoms with van der Waals surface area (Å²) in [6.07, 6.45) is 3.82. The van der Waals surface area contributed by atoms with Crippen LogP contribution in [0.5, 0.6) is 0 Å². The van der Waals surface area contributed by atoms with E-state index in [0.29, 0.717) is 13.1 Å². The molecule has 3 aromatic rings. The molecule has 0 aliphatic heterocycles. The van der Waals surface area contributed by atoms with Gasteiger partial charge in [-0.25, -0.2) is 4.98 Å². The molecule has 0 unspecified atom stereocenters. The van der Waals surface area contributed by atoms with E-state index in [1.165, 1.54) is 10.9 Å². The maximum absolute atomic E-state index is 12.3. The van der Waals surface area contributed by atoms with Crippen LogP contribution in [0.3, 0.4) is 0 Å². The Labute approximate surface area is 141 Å². The van der Waals surface area contributed by atoms with Crippen LogP contribution in [0.2, 0.25) is 0 Å². The highest BCUT2D eigenvalue weighted by molar-refractivity contribution is 5.85. The molecule has 1 N–H and O–H groups in total. The van der Waals surface area contributed by atoms with Crippen LogP contribution in [0, 0.1) is 6.92 Å². The molecule has 1 aromatic carbocycles.